The highest BCUT2D eigenvalue weighted by Crippen LogP contribution is 2.32. The lowest BCUT2D eigenvalue weighted by molar-refractivity contribution is -0.0169. The molecule has 0 saturated carbocycles. The van der Waals surface area contributed by atoms with Crippen LogP contribution in [-0.2, 0) is 11.2 Å². The second kappa shape index (κ2) is 8.95. The molecule has 0 bridgehead atoms. The fourth-order valence-corrected chi connectivity index (χ4v) is 4.13. The number of aliphatic hydroxyl groups excluding tert-OH is 1. The Labute approximate surface area is 146 Å². The van der Waals surface area contributed by atoms with Gasteiger partial charge in [0.2, 0.25) is 0 Å². The molecule has 1 saturated heterocycles. The molecule has 2 aliphatic rings. The van der Waals surface area contributed by atoms with Crippen molar-refractivity contribution in [2.24, 2.45) is 0 Å². The molecule has 134 valence electrons. The highest BCUT2D eigenvalue weighted by atomic mass is 16.5. The van der Waals surface area contributed by atoms with Crippen LogP contribution in [-0.4, -0.2) is 54.9 Å². The van der Waals surface area contributed by atoms with Gasteiger partial charge in [-0.05, 0) is 56.3 Å². The fourth-order valence-electron chi connectivity index (χ4n) is 4.13. The van der Waals surface area contributed by atoms with Crippen LogP contribution in [0.2, 0.25) is 0 Å². The molecule has 0 amide bonds. The third-order valence-corrected chi connectivity index (χ3v) is 5.47. The number of likely N-dealkylation sites (tertiary alicyclic amines) is 1. The van der Waals surface area contributed by atoms with Gasteiger partial charge in [-0.1, -0.05) is 31.2 Å². The number of nitrogens with zero attached hydrogens (tertiary/aromatic N) is 1. The van der Waals surface area contributed by atoms with E-state index in [1.54, 1.807) is 0 Å². The maximum absolute atomic E-state index is 10.2. The number of rotatable bonds is 8. The molecule has 3 rings (SSSR count). The van der Waals surface area contributed by atoms with Crippen molar-refractivity contribution >= 4 is 0 Å². The summed E-state index contributed by atoms with van der Waals surface area (Å²) in [5.74, 6) is 0. The number of ether oxygens (including phenoxy) is 1. The van der Waals surface area contributed by atoms with Crippen molar-refractivity contribution in [2.45, 2.75) is 57.3 Å². The number of benzene rings is 1. The van der Waals surface area contributed by atoms with Crippen LogP contribution in [0, 0.1) is 0 Å². The predicted molar refractivity (Wildman–Crippen MR) is 97.2 cm³/mol. The molecule has 1 aromatic carbocycles. The lowest BCUT2D eigenvalue weighted by Crippen LogP contribution is -2.41. The van der Waals surface area contributed by atoms with Crippen LogP contribution in [0.3, 0.4) is 0 Å². The zero-order valence-electron chi connectivity index (χ0n) is 14.9. The molecule has 0 spiro atoms. The van der Waals surface area contributed by atoms with Crippen molar-refractivity contribution in [1.29, 1.82) is 0 Å². The lowest BCUT2D eigenvalue weighted by Gasteiger charge is -2.27. The minimum atomic E-state index is -0.435. The summed E-state index contributed by atoms with van der Waals surface area (Å²) in [5, 5.41) is 13.7. The zero-order valence-corrected chi connectivity index (χ0v) is 14.9. The summed E-state index contributed by atoms with van der Waals surface area (Å²) >= 11 is 0. The second-order valence-corrected chi connectivity index (χ2v) is 7.15. The number of aliphatic hydroxyl groups is 1. The Morgan fingerprint density at radius 3 is 3.04 bits per heavy atom. The summed E-state index contributed by atoms with van der Waals surface area (Å²) in [5.41, 5.74) is 2.72. The molecule has 0 radical (unpaired) electrons. The smallest absolute Gasteiger partial charge is 0.0897 e. The van der Waals surface area contributed by atoms with Crippen molar-refractivity contribution in [2.75, 3.05) is 32.8 Å². The van der Waals surface area contributed by atoms with Gasteiger partial charge in [-0.15, -0.1) is 0 Å². The van der Waals surface area contributed by atoms with E-state index >= 15 is 0 Å². The molecule has 1 heterocycles. The third kappa shape index (κ3) is 4.57. The van der Waals surface area contributed by atoms with E-state index in [4.69, 9.17) is 4.74 Å². The van der Waals surface area contributed by atoms with Gasteiger partial charge in [-0.3, -0.25) is 4.90 Å². The van der Waals surface area contributed by atoms with E-state index in [0.29, 0.717) is 19.2 Å². The van der Waals surface area contributed by atoms with Crippen LogP contribution in [0.1, 0.15) is 49.8 Å². The summed E-state index contributed by atoms with van der Waals surface area (Å²) in [6.07, 6.45) is 5.66. The summed E-state index contributed by atoms with van der Waals surface area (Å²) < 4.78 is 6.04. The van der Waals surface area contributed by atoms with Crippen LogP contribution in [0.4, 0.5) is 0 Å². The lowest BCUT2D eigenvalue weighted by atomic mass is 9.89. The standard InChI is InChI=1S/C20H32N2O2/c1-2-22-12-6-9-17(22)13-21-14-18(23)15-24-20-11-5-8-16-7-3-4-10-19(16)20/h3-4,7,10,17-18,20-21,23H,2,5-6,8-9,11-15H2,1H3/t17-,18+,20-/m1/s1. The van der Waals surface area contributed by atoms with Gasteiger partial charge in [0.25, 0.3) is 0 Å². The molecule has 1 fully saturated rings. The van der Waals surface area contributed by atoms with Crippen LogP contribution in [0.5, 0.6) is 0 Å². The quantitative estimate of drug-likeness (QED) is 0.768. The fraction of sp³-hybridized carbons (Fsp3) is 0.700. The van der Waals surface area contributed by atoms with Gasteiger partial charge in [0.05, 0.1) is 18.8 Å². The van der Waals surface area contributed by atoms with Gasteiger partial charge < -0.3 is 15.2 Å². The van der Waals surface area contributed by atoms with Gasteiger partial charge in [-0.2, -0.15) is 0 Å². The molecular weight excluding hydrogens is 300 g/mol. The number of likely N-dealkylation sites (N-methyl/N-ethyl adjacent to an activating group) is 1. The predicted octanol–water partition coefficient (Wildman–Crippen LogP) is 2.52. The van der Waals surface area contributed by atoms with Gasteiger partial charge in [0.15, 0.2) is 0 Å². The van der Waals surface area contributed by atoms with Gasteiger partial charge in [-0.25, -0.2) is 0 Å². The van der Waals surface area contributed by atoms with Gasteiger partial charge in [0, 0.05) is 19.1 Å². The molecule has 24 heavy (non-hydrogen) atoms. The largest absolute Gasteiger partial charge is 0.389 e. The van der Waals surface area contributed by atoms with E-state index in [-0.39, 0.29) is 6.10 Å². The van der Waals surface area contributed by atoms with Crippen LogP contribution in [0.25, 0.3) is 0 Å². The molecule has 0 aromatic heterocycles. The number of hydrogen-bond donors (Lipinski definition) is 2. The number of aryl methyl sites for hydroxylation is 1. The first-order chi connectivity index (χ1) is 11.8. The number of nitrogens with one attached hydrogen (secondary N) is 1. The first kappa shape index (κ1) is 17.9. The van der Waals surface area contributed by atoms with Crippen LogP contribution in [0.15, 0.2) is 24.3 Å². The molecule has 1 aliphatic carbocycles. The van der Waals surface area contributed by atoms with Gasteiger partial charge >= 0.3 is 0 Å². The molecule has 1 aromatic rings. The van der Waals surface area contributed by atoms with E-state index in [1.807, 2.05) is 0 Å². The second-order valence-electron chi connectivity index (χ2n) is 7.15. The number of fused-ring (bicyclic) bond motifs is 1. The van der Waals surface area contributed by atoms with Crippen molar-refractivity contribution in [3.8, 4) is 0 Å². The Morgan fingerprint density at radius 2 is 2.17 bits per heavy atom. The first-order valence-corrected chi connectivity index (χ1v) is 9.60. The topological polar surface area (TPSA) is 44.7 Å². The van der Waals surface area contributed by atoms with E-state index in [2.05, 4.69) is 41.4 Å². The third-order valence-electron chi connectivity index (χ3n) is 5.47. The Balaban J connectivity index is 1.38. The summed E-state index contributed by atoms with van der Waals surface area (Å²) in [6.45, 7) is 6.56. The van der Waals surface area contributed by atoms with E-state index < -0.39 is 6.10 Å². The molecule has 4 nitrogen and oxygen atoms in total. The monoisotopic (exact) mass is 332 g/mol. The van der Waals surface area contributed by atoms with E-state index in [0.717, 1.165) is 25.9 Å². The molecule has 1 aliphatic heterocycles. The molecule has 0 unspecified atom stereocenters. The highest BCUT2D eigenvalue weighted by Gasteiger charge is 2.23. The van der Waals surface area contributed by atoms with Crippen LogP contribution >= 0.6 is 0 Å². The Bertz CT molecular complexity index is 508. The molecular formula is C20H32N2O2. The minimum Gasteiger partial charge on any atom is -0.389 e. The minimum absolute atomic E-state index is 0.148. The van der Waals surface area contributed by atoms with E-state index in [9.17, 15) is 5.11 Å². The SMILES string of the molecule is CCN1CCC[C@@H]1CNC[C@H](O)CO[C@@H]1CCCc2ccccc21. The summed E-state index contributed by atoms with van der Waals surface area (Å²) in [4.78, 5) is 2.52. The zero-order chi connectivity index (χ0) is 16.8. The maximum Gasteiger partial charge on any atom is 0.0897 e. The Morgan fingerprint density at radius 1 is 1.29 bits per heavy atom. The normalized spacial score (nSPS) is 25.6. The van der Waals surface area contributed by atoms with E-state index in [1.165, 1.54) is 36.9 Å². The van der Waals surface area contributed by atoms with Crippen molar-refractivity contribution in [3.63, 3.8) is 0 Å². The first-order valence-electron chi connectivity index (χ1n) is 9.60. The summed E-state index contributed by atoms with van der Waals surface area (Å²) in [7, 11) is 0. The molecule has 2 N–H and O–H groups in total. The number of hydrogen-bond acceptors (Lipinski definition) is 4. The molecule has 4 heteroatoms. The van der Waals surface area contributed by atoms with Crippen molar-refractivity contribution in [3.05, 3.63) is 35.4 Å². The van der Waals surface area contributed by atoms with Crippen molar-refractivity contribution < 1.29 is 9.84 Å². The van der Waals surface area contributed by atoms with Crippen molar-refractivity contribution in [1.82, 2.24) is 10.2 Å². The average Bonchev–Trinajstić information content (AvgIpc) is 3.07. The Hall–Kier alpha value is -0.940. The average molecular weight is 332 g/mol. The highest BCUT2D eigenvalue weighted by molar-refractivity contribution is 5.31. The van der Waals surface area contributed by atoms with Crippen LogP contribution < -0.4 is 5.32 Å². The molecule has 3 atom stereocenters. The Kier molecular flexibility index (Phi) is 6.67. The van der Waals surface area contributed by atoms with Gasteiger partial charge in [0.1, 0.15) is 0 Å². The maximum atomic E-state index is 10.2. The summed E-state index contributed by atoms with van der Waals surface area (Å²) in [6, 6.07) is 9.18.